The molecule has 4 atom stereocenters. The lowest BCUT2D eigenvalue weighted by atomic mass is 10.1. The standard InChI is InChI=1S/C17H28N6O5/c1-2-3-4-5-6-7-19-17-20-10-13(21-16(18)22-14(10)27)23(17)15-12(26)11(25)9(8-24)28-15/h9,11-12,15,24-26H,2-8H2,1H3,(H,19,20)(H3,18,21,22,27)/t9-,11-,12-,15-/m1/s1. The summed E-state index contributed by atoms with van der Waals surface area (Å²) in [5, 5.41) is 33.0. The number of hydrogen-bond acceptors (Lipinski definition) is 9. The number of anilines is 2. The second-order valence-electron chi connectivity index (χ2n) is 7.00. The molecule has 7 N–H and O–H groups in total. The van der Waals surface area contributed by atoms with Gasteiger partial charge in [-0.2, -0.15) is 4.98 Å². The molecule has 0 saturated carbocycles. The van der Waals surface area contributed by atoms with Crippen LogP contribution in [0.3, 0.4) is 0 Å². The van der Waals surface area contributed by atoms with E-state index in [0.29, 0.717) is 6.54 Å². The Kier molecular flexibility index (Phi) is 6.50. The zero-order valence-corrected chi connectivity index (χ0v) is 15.8. The zero-order valence-electron chi connectivity index (χ0n) is 15.8. The van der Waals surface area contributed by atoms with Crippen molar-refractivity contribution in [1.82, 2.24) is 19.5 Å². The smallest absolute Gasteiger partial charge is 0.280 e. The molecule has 0 unspecified atom stereocenters. The number of rotatable bonds is 9. The van der Waals surface area contributed by atoms with Crippen LogP contribution in [-0.4, -0.2) is 66.3 Å². The number of aromatic nitrogens is 4. The van der Waals surface area contributed by atoms with E-state index in [2.05, 4.69) is 27.2 Å². The second kappa shape index (κ2) is 8.86. The molecule has 0 aromatic carbocycles. The molecule has 2 aromatic rings. The average molecular weight is 396 g/mol. The maximum absolute atomic E-state index is 12.2. The minimum Gasteiger partial charge on any atom is -0.394 e. The van der Waals surface area contributed by atoms with Crippen molar-refractivity contribution in [3.8, 4) is 0 Å². The van der Waals surface area contributed by atoms with Crippen molar-refractivity contribution < 1.29 is 20.1 Å². The maximum atomic E-state index is 12.2. The number of aromatic amines is 1. The number of H-pyrrole nitrogens is 1. The molecule has 1 aliphatic rings. The van der Waals surface area contributed by atoms with Gasteiger partial charge in [-0.15, -0.1) is 0 Å². The van der Waals surface area contributed by atoms with E-state index in [1.807, 2.05) is 0 Å². The van der Waals surface area contributed by atoms with Crippen molar-refractivity contribution in [2.24, 2.45) is 0 Å². The SMILES string of the molecule is CCCCCCCNc1nc2c(=O)[nH]c(N)nc2n1[C@@H]1O[C@H](CO)[C@@H](O)[C@H]1O. The van der Waals surface area contributed by atoms with Gasteiger partial charge in [-0.25, -0.2) is 4.98 Å². The van der Waals surface area contributed by atoms with E-state index in [1.165, 1.54) is 11.0 Å². The summed E-state index contributed by atoms with van der Waals surface area (Å²) in [6.07, 6.45) is 0.791. The molecule has 1 fully saturated rings. The van der Waals surface area contributed by atoms with Gasteiger partial charge in [0, 0.05) is 6.54 Å². The number of aliphatic hydroxyl groups is 3. The molecule has 11 heteroatoms. The van der Waals surface area contributed by atoms with Crippen LogP contribution in [0.2, 0.25) is 0 Å². The lowest BCUT2D eigenvalue weighted by Gasteiger charge is -2.19. The summed E-state index contributed by atoms with van der Waals surface area (Å²) in [5.41, 5.74) is 5.32. The highest BCUT2D eigenvalue weighted by Crippen LogP contribution is 2.33. The van der Waals surface area contributed by atoms with Gasteiger partial charge in [-0.3, -0.25) is 14.3 Å². The summed E-state index contributed by atoms with van der Waals surface area (Å²) in [5.74, 6) is 0.181. The number of nitrogens with one attached hydrogen (secondary N) is 2. The normalized spacial score (nSPS) is 24.9. The summed E-state index contributed by atoms with van der Waals surface area (Å²) in [6.45, 7) is 2.30. The van der Waals surface area contributed by atoms with Crippen LogP contribution in [0.4, 0.5) is 11.9 Å². The quantitative estimate of drug-likeness (QED) is 0.311. The minimum absolute atomic E-state index is 0.0421. The van der Waals surface area contributed by atoms with Crippen molar-refractivity contribution in [2.45, 2.75) is 63.6 Å². The molecule has 2 aromatic heterocycles. The van der Waals surface area contributed by atoms with Crippen LogP contribution in [0, 0.1) is 0 Å². The van der Waals surface area contributed by atoms with Crippen molar-refractivity contribution in [1.29, 1.82) is 0 Å². The lowest BCUT2D eigenvalue weighted by Crippen LogP contribution is -2.33. The highest BCUT2D eigenvalue weighted by atomic mass is 16.6. The molecule has 0 amide bonds. The van der Waals surface area contributed by atoms with Gasteiger partial charge in [0.2, 0.25) is 11.9 Å². The van der Waals surface area contributed by atoms with Crippen LogP contribution in [0.25, 0.3) is 11.2 Å². The third-order valence-corrected chi connectivity index (χ3v) is 4.90. The molecule has 0 spiro atoms. The third kappa shape index (κ3) is 3.97. The average Bonchev–Trinajstić information content (AvgIpc) is 3.16. The molecule has 0 aliphatic carbocycles. The van der Waals surface area contributed by atoms with E-state index in [1.54, 1.807) is 0 Å². The van der Waals surface area contributed by atoms with Crippen molar-refractivity contribution in [3.63, 3.8) is 0 Å². The summed E-state index contributed by atoms with van der Waals surface area (Å²) in [7, 11) is 0. The highest BCUT2D eigenvalue weighted by molar-refractivity contribution is 5.74. The van der Waals surface area contributed by atoms with Gasteiger partial charge in [-0.05, 0) is 6.42 Å². The Morgan fingerprint density at radius 3 is 2.64 bits per heavy atom. The van der Waals surface area contributed by atoms with Gasteiger partial charge in [0.05, 0.1) is 6.61 Å². The molecule has 1 saturated heterocycles. The fourth-order valence-corrected chi connectivity index (χ4v) is 3.39. The summed E-state index contributed by atoms with van der Waals surface area (Å²) in [6, 6.07) is 0. The van der Waals surface area contributed by atoms with E-state index in [-0.39, 0.29) is 23.1 Å². The zero-order chi connectivity index (χ0) is 20.3. The number of nitrogen functional groups attached to an aromatic ring is 1. The fourth-order valence-electron chi connectivity index (χ4n) is 3.39. The van der Waals surface area contributed by atoms with Crippen LogP contribution in [0.15, 0.2) is 4.79 Å². The monoisotopic (exact) mass is 396 g/mol. The van der Waals surface area contributed by atoms with Crippen LogP contribution in [0.5, 0.6) is 0 Å². The van der Waals surface area contributed by atoms with E-state index < -0.39 is 36.7 Å². The van der Waals surface area contributed by atoms with Gasteiger partial charge < -0.3 is 31.1 Å². The number of imidazole rings is 1. The Balaban J connectivity index is 1.91. The van der Waals surface area contributed by atoms with Gasteiger partial charge in [0.1, 0.15) is 18.3 Å². The Hall–Kier alpha value is -2.21. The van der Waals surface area contributed by atoms with E-state index in [4.69, 9.17) is 10.5 Å². The lowest BCUT2D eigenvalue weighted by molar-refractivity contribution is -0.0501. The first-order valence-corrected chi connectivity index (χ1v) is 9.62. The number of unbranched alkanes of at least 4 members (excludes halogenated alkanes) is 4. The van der Waals surface area contributed by atoms with E-state index in [9.17, 15) is 20.1 Å². The van der Waals surface area contributed by atoms with Crippen LogP contribution >= 0.6 is 0 Å². The van der Waals surface area contributed by atoms with Crippen molar-refractivity contribution in [3.05, 3.63) is 10.4 Å². The maximum Gasteiger partial charge on any atom is 0.280 e. The predicted octanol–water partition coefficient (Wildman–Crippen LogP) is -0.304. The first-order chi connectivity index (χ1) is 13.5. The molecule has 0 radical (unpaired) electrons. The highest BCUT2D eigenvalue weighted by Gasteiger charge is 2.45. The molecule has 1 aliphatic heterocycles. The molecule has 156 valence electrons. The van der Waals surface area contributed by atoms with Crippen molar-refractivity contribution >= 4 is 23.1 Å². The number of hydrogen-bond donors (Lipinski definition) is 6. The fraction of sp³-hybridized carbons (Fsp3) is 0.706. The molecule has 0 bridgehead atoms. The first-order valence-electron chi connectivity index (χ1n) is 9.62. The van der Waals surface area contributed by atoms with E-state index in [0.717, 1.165) is 25.7 Å². The number of fused-ring (bicyclic) bond motifs is 1. The summed E-state index contributed by atoms with van der Waals surface area (Å²) in [4.78, 5) is 23.0. The molecule has 28 heavy (non-hydrogen) atoms. The summed E-state index contributed by atoms with van der Waals surface area (Å²) < 4.78 is 7.02. The Morgan fingerprint density at radius 2 is 1.96 bits per heavy atom. The van der Waals surface area contributed by atoms with E-state index >= 15 is 0 Å². The third-order valence-electron chi connectivity index (χ3n) is 4.90. The van der Waals surface area contributed by atoms with Gasteiger partial charge >= 0.3 is 0 Å². The Bertz CT molecular complexity index is 852. The van der Waals surface area contributed by atoms with Crippen molar-refractivity contribution in [2.75, 3.05) is 24.2 Å². The molecular weight excluding hydrogens is 368 g/mol. The number of ether oxygens (including phenoxy) is 1. The Morgan fingerprint density at radius 1 is 1.21 bits per heavy atom. The van der Waals surface area contributed by atoms with Gasteiger partial charge in [-0.1, -0.05) is 32.6 Å². The van der Waals surface area contributed by atoms with Gasteiger partial charge in [0.25, 0.3) is 5.56 Å². The molecule has 11 nitrogen and oxygen atoms in total. The molecular formula is C17H28N6O5. The number of nitrogens with zero attached hydrogens (tertiary/aromatic N) is 3. The van der Waals surface area contributed by atoms with Gasteiger partial charge in [0.15, 0.2) is 17.4 Å². The topological polar surface area (TPSA) is 172 Å². The summed E-state index contributed by atoms with van der Waals surface area (Å²) >= 11 is 0. The van der Waals surface area contributed by atoms with Crippen LogP contribution in [-0.2, 0) is 4.74 Å². The predicted molar refractivity (Wildman–Crippen MR) is 103 cm³/mol. The number of nitrogens with two attached hydrogens (primary N) is 1. The molecule has 3 rings (SSSR count). The van der Waals surface area contributed by atoms with Crippen LogP contribution < -0.4 is 16.6 Å². The number of aliphatic hydroxyl groups excluding tert-OH is 3. The molecule has 3 heterocycles. The minimum atomic E-state index is -1.33. The second-order valence-corrected chi connectivity index (χ2v) is 7.00. The first kappa shape index (κ1) is 20.5. The largest absolute Gasteiger partial charge is 0.394 e. The van der Waals surface area contributed by atoms with Crippen LogP contribution in [0.1, 0.15) is 45.3 Å². The Labute approximate surface area is 161 Å².